The van der Waals surface area contributed by atoms with Gasteiger partial charge >= 0.3 is 6.11 Å². The summed E-state index contributed by atoms with van der Waals surface area (Å²) in [6, 6.07) is 17.1. The second-order valence-electron chi connectivity index (χ2n) is 10.9. The number of nitrogens with zero attached hydrogens (tertiary/aromatic N) is 1. The topological polar surface area (TPSA) is 33.0 Å². The second kappa shape index (κ2) is 13.7. The van der Waals surface area contributed by atoms with Crippen LogP contribution in [0.1, 0.15) is 42.9 Å². The number of benzene rings is 5. The van der Waals surface area contributed by atoms with E-state index in [1.54, 1.807) is 12.1 Å². The summed E-state index contributed by atoms with van der Waals surface area (Å²) in [6.45, 7) is 2.09. The highest BCUT2D eigenvalue weighted by molar-refractivity contribution is 5.72. The van der Waals surface area contributed by atoms with E-state index < -0.39 is 57.9 Å². The Hall–Kier alpha value is -5.17. The maximum atomic E-state index is 15.1. The average molecular weight is 652 g/mol. The Morgan fingerprint density at radius 1 is 0.596 bits per heavy atom. The zero-order valence-electron chi connectivity index (χ0n) is 24.8. The minimum atomic E-state index is -4.54. The van der Waals surface area contributed by atoms with Crippen molar-refractivity contribution in [2.45, 2.75) is 38.7 Å². The zero-order valence-corrected chi connectivity index (χ0v) is 24.8. The quantitative estimate of drug-likeness (QED) is 0.111. The maximum Gasteiger partial charge on any atom is 0.432 e. The van der Waals surface area contributed by atoms with Crippen LogP contribution in [-0.2, 0) is 12.5 Å². The molecular weight excluding hydrogens is 626 g/mol. The van der Waals surface area contributed by atoms with E-state index in [0.717, 1.165) is 79.8 Å². The molecule has 47 heavy (non-hydrogen) atoms. The van der Waals surface area contributed by atoms with E-state index in [-0.39, 0.29) is 27.8 Å². The summed E-state index contributed by atoms with van der Waals surface area (Å²) < 4.78 is 123. The molecule has 0 N–H and O–H groups in total. The lowest BCUT2D eigenvalue weighted by Gasteiger charge is -2.20. The van der Waals surface area contributed by atoms with E-state index in [0.29, 0.717) is 11.6 Å². The minimum absolute atomic E-state index is 0.0442. The first-order valence-electron chi connectivity index (χ1n) is 14.6. The van der Waals surface area contributed by atoms with Crippen molar-refractivity contribution in [2.24, 2.45) is 0 Å². The summed E-state index contributed by atoms with van der Waals surface area (Å²) in [5.74, 6) is -8.40. The lowest BCUT2D eigenvalue weighted by molar-refractivity contribution is -0.189. The Morgan fingerprint density at radius 3 is 1.70 bits per heavy atom. The molecule has 0 heterocycles. The van der Waals surface area contributed by atoms with Crippen LogP contribution in [0, 0.1) is 46.2 Å². The van der Waals surface area contributed by atoms with Gasteiger partial charge in [-0.2, -0.15) is 14.0 Å². The number of aryl methyl sites for hydroxylation is 1. The molecule has 0 aliphatic carbocycles. The van der Waals surface area contributed by atoms with Crippen LogP contribution in [0.4, 0.5) is 35.1 Å². The number of hydrogen-bond donors (Lipinski definition) is 0. The maximum absolute atomic E-state index is 15.1. The summed E-state index contributed by atoms with van der Waals surface area (Å²) in [4.78, 5) is 0. The predicted molar refractivity (Wildman–Crippen MR) is 161 cm³/mol. The van der Waals surface area contributed by atoms with Gasteiger partial charge in [0.1, 0.15) is 57.8 Å². The molecule has 0 aliphatic rings. The number of halogens is 8. The van der Waals surface area contributed by atoms with E-state index in [9.17, 15) is 22.0 Å². The van der Waals surface area contributed by atoms with Gasteiger partial charge in [-0.1, -0.05) is 56.2 Å². The van der Waals surface area contributed by atoms with Crippen LogP contribution >= 0.6 is 0 Å². The monoisotopic (exact) mass is 651 g/mol. The lowest BCUT2D eigenvalue weighted by atomic mass is 9.98. The average Bonchev–Trinajstić information content (AvgIpc) is 3.00. The fraction of sp³-hybridized carbons (Fsp3) is 0.162. The van der Waals surface area contributed by atoms with Gasteiger partial charge in [0.25, 0.3) is 0 Å². The molecular formula is C37H25F8NO. The van der Waals surface area contributed by atoms with E-state index >= 15 is 13.2 Å². The van der Waals surface area contributed by atoms with E-state index in [4.69, 9.17) is 5.26 Å². The number of unbranched alkanes of at least 4 members (excludes halogenated alkanes) is 2. The molecule has 5 aromatic carbocycles. The van der Waals surface area contributed by atoms with Crippen LogP contribution in [0.3, 0.4) is 0 Å². The van der Waals surface area contributed by atoms with Crippen LogP contribution in [0.15, 0.2) is 84.9 Å². The first-order valence-corrected chi connectivity index (χ1v) is 14.6. The largest absolute Gasteiger partial charge is 0.432 e. The molecule has 5 rings (SSSR count). The van der Waals surface area contributed by atoms with Crippen LogP contribution in [0.2, 0.25) is 0 Å². The molecule has 0 saturated carbocycles. The highest BCUT2D eigenvalue weighted by Crippen LogP contribution is 2.39. The summed E-state index contributed by atoms with van der Waals surface area (Å²) >= 11 is 0. The van der Waals surface area contributed by atoms with Gasteiger partial charge in [-0.3, -0.25) is 0 Å². The summed E-state index contributed by atoms with van der Waals surface area (Å²) in [7, 11) is 0. The highest BCUT2D eigenvalue weighted by atomic mass is 19.3. The molecule has 2 nitrogen and oxygen atoms in total. The molecule has 5 aromatic rings. The van der Waals surface area contributed by atoms with Crippen molar-refractivity contribution in [1.29, 1.82) is 5.26 Å². The third-order valence-corrected chi connectivity index (χ3v) is 7.62. The Kier molecular flexibility index (Phi) is 9.66. The summed E-state index contributed by atoms with van der Waals surface area (Å²) in [6.07, 6.45) is -0.574. The summed E-state index contributed by atoms with van der Waals surface area (Å²) in [5.41, 5.74) is -1.74. The van der Waals surface area contributed by atoms with Crippen molar-refractivity contribution in [3.63, 3.8) is 0 Å². The molecule has 0 spiro atoms. The SMILES string of the molecule is CCCCCc1ccc(-c2cc(F)c(C(F)(F)Oc3ccc(-c4ccc(-c5cc(F)c(C#N)c(F)c5)c(F)c4)c(F)c3)c(F)c2)cc1. The van der Waals surface area contributed by atoms with Crippen LogP contribution in [0.25, 0.3) is 33.4 Å². The van der Waals surface area contributed by atoms with E-state index in [2.05, 4.69) is 11.7 Å². The highest BCUT2D eigenvalue weighted by Gasteiger charge is 2.41. The smallest absolute Gasteiger partial charge is 0.429 e. The van der Waals surface area contributed by atoms with Crippen LogP contribution in [0.5, 0.6) is 5.75 Å². The van der Waals surface area contributed by atoms with E-state index in [1.807, 2.05) is 12.1 Å². The number of hydrogen-bond acceptors (Lipinski definition) is 2. The number of rotatable bonds is 10. The van der Waals surface area contributed by atoms with Crippen molar-refractivity contribution in [2.75, 3.05) is 0 Å². The summed E-state index contributed by atoms with van der Waals surface area (Å²) in [5, 5.41) is 8.82. The molecule has 240 valence electrons. The molecule has 0 bridgehead atoms. The Bertz CT molecular complexity index is 1940. The van der Waals surface area contributed by atoms with Crippen molar-refractivity contribution in [3.8, 4) is 45.2 Å². The van der Waals surface area contributed by atoms with Crippen molar-refractivity contribution < 1.29 is 39.9 Å². The normalized spacial score (nSPS) is 11.4. The fourth-order valence-corrected chi connectivity index (χ4v) is 5.21. The Labute approximate surface area is 265 Å². The first kappa shape index (κ1) is 33.2. The standard InChI is InChI=1S/C37H25F8NO/c1-2-3-4-5-21-6-8-22(9-7-21)24-15-34(42)36(35(43)16-24)37(44,45)47-26-11-13-27(33(41)19-26)23-10-12-28(30(38)14-23)25-17-31(39)29(20-46)32(40)18-25/h6-19H,2-5H2,1H3. The number of nitriles is 1. The van der Waals surface area contributed by atoms with Gasteiger partial charge < -0.3 is 4.74 Å². The fourth-order valence-electron chi connectivity index (χ4n) is 5.21. The van der Waals surface area contributed by atoms with Crippen molar-refractivity contribution >= 4 is 0 Å². The molecule has 0 aliphatic heterocycles. The third kappa shape index (κ3) is 7.14. The predicted octanol–water partition coefficient (Wildman–Crippen LogP) is 11.3. The molecule has 0 unspecified atom stereocenters. The van der Waals surface area contributed by atoms with Gasteiger partial charge in [0.05, 0.1) is 0 Å². The molecule has 0 aromatic heterocycles. The van der Waals surface area contributed by atoms with Gasteiger partial charge in [-0.05, 0) is 83.1 Å². The Balaban J connectivity index is 1.35. The molecule has 0 atom stereocenters. The van der Waals surface area contributed by atoms with Gasteiger partial charge in [-0.25, -0.2) is 26.3 Å². The molecule has 0 amide bonds. The molecule has 0 saturated heterocycles. The van der Waals surface area contributed by atoms with E-state index in [1.165, 1.54) is 12.1 Å². The first-order chi connectivity index (χ1) is 22.4. The van der Waals surface area contributed by atoms with Crippen molar-refractivity contribution in [1.82, 2.24) is 0 Å². The Morgan fingerprint density at radius 2 is 1.13 bits per heavy atom. The van der Waals surface area contributed by atoms with Crippen LogP contribution in [-0.4, -0.2) is 0 Å². The van der Waals surface area contributed by atoms with Crippen LogP contribution < -0.4 is 4.74 Å². The second-order valence-corrected chi connectivity index (χ2v) is 10.9. The number of ether oxygens (including phenoxy) is 1. The van der Waals surface area contributed by atoms with Gasteiger partial charge in [0, 0.05) is 17.2 Å². The van der Waals surface area contributed by atoms with Crippen molar-refractivity contribution in [3.05, 3.63) is 137 Å². The van der Waals surface area contributed by atoms with Gasteiger partial charge in [-0.15, -0.1) is 0 Å². The molecule has 10 heteroatoms. The van der Waals surface area contributed by atoms with Gasteiger partial charge in [0.15, 0.2) is 0 Å². The minimum Gasteiger partial charge on any atom is -0.429 e. The van der Waals surface area contributed by atoms with Gasteiger partial charge in [0.2, 0.25) is 0 Å². The molecule has 0 fully saturated rings. The third-order valence-electron chi connectivity index (χ3n) is 7.62. The zero-order chi connectivity index (χ0) is 33.9. The number of alkyl halides is 2. The lowest BCUT2D eigenvalue weighted by Crippen LogP contribution is -2.25. The molecule has 0 radical (unpaired) electrons.